The number of ether oxygens (including phenoxy) is 1. The minimum atomic E-state index is -0.503. The summed E-state index contributed by atoms with van der Waals surface area (Å²) in [4.78, 5) is 25.4. The second-order valence-corrected chi connectivity index (χ2v) is 5.07. The molecule has 0 aliphatic carbocycles. The molecular weight excluding hydrogens is 282 g/mol. The number of aryl methyl sites for hydroxylation is 1. The Labute approximate surface area is 130 Å². The highest BCUT2D eigenvalue weighted by Crippen LogP contribution is 2.30. The molecular formula is C16H21N3O3. The molecule has 0 atom stereocenters. The van der Waals surface area contributed by atoms with Crippen LogP contribution in [0.25, 0.3) is 0 Å². The summed E-state index contributed by atoms with van der Waals surface area (Å²) < 4.78 is 5.23. The Kier molecular flexibility index (Phi) is 5.41. The molecule has 1 aromatic rings. The van der Waals surface area contributed by atoms with E-state index in [9.17, 15) is 9.59 Å². The van der Waals surface area contributed by atoms with Crippen LogP contribution in [-0.2, 0) is 11.2 Å². The van der Waals surface area contributed by atoms with Crippen LogP contribution in [0, 0.1) is 0 Å². The number of hydrogen-bond acceptors (Lipinski definition) is 4. The van der Waals surface area contributed by atoms with Crippen LogP contribution in [0.2, 0.25) is 0 Å². The monoisotopic (exact) mass is 303 g/mol. The second-order valence-electron chi connectivity index (χ2n) is 5.07. The van der Waals surface area contributed by atoms with Gasteiger partial charge in [0.2, 0.25) is 5.91 Å². The number of rotatable bonds is 5. The van der Waals surface area contributed by atoms with Crippen molar-refractivity contribution >= 4 is 17.6 Å². The molecule has 1 aliphatic heterocycles. The van der Waals surface area contributed by atoms with E-state index in [-0.39, 0.29) is 12.5 Å². The lowest BCUT2D eigenvalue weighted by Gasteiger charge is -2.30. The van der Waals surface area contributed by atoms with E-state index in [0.29, 0.717) is 6.54 Å². The van der Waals surface area contributed by atoms with Crippen molar-refractivity contribution in [1.29, 1.82) is 0 Å². The molecule has 0 saturated heterocycles. The molecule has 1 aromatic carbocycles. The van der Waals surface area contributed by atoms with Gasteiger partial charge in [0.15, 0.2) is 0 Å². The van der Waals surface area contributed by atoms with E-state index in [0.717, 1.165) is 36.4 Å². The van der Waals surface area contributed by atoms with Gasteiger partial charge in [-0.3, -0.25) is 10.1 Å². The maximum atomic E-state index is 12.0. The first-order chi connectivity index (χ1) is 10.6. The third-order valence-electron chi connectivity index (χ3n) is 3.50. The van der Waals surface area contributed by atoms with E-state index in [1.54, 1.807) is 13.2 Å². The van der Waals surface area contributed by atoms with Crippen LogP contribution >= 0.6 is 0 Å². The molecule has 0 saturated carbocycles. The molecule has 118 valence electrons. The van der Waals surface area contributed by atoms with Crippen molar-refractivity contribution in [2.24, 2.45) is 0 Å². The predicted octanol–water partition coefficient (Wildman–Crippen LogP) is 1.46. The van der Waals surface area contributed by atoms with Gasteiger partial charge >= 0.3 is 6.03 Å². The molecule has 0 fully saturated rings. The number of urea groups is 1. The number of anilines is 1. The third-order valence-corrected chi connectivity index (χ3v) is 3.50. The molecule has 2 rings (SSSR count). The van der Waals surface area contributed by atoms with E-state index < -0.39 is 6.03 Å². The molecule has 3 amide bonds. The molecule has 6 nitrogen and oxygen atoms in total. The normalized spacial score (nSPS) is 13.0. The van der Waals surface area contributed by atoms with Gasteiger partial charge in [0.25, 0.3) is 0 Å². The van der Waals surface area contributed by atoms with E-state index in [4.69, 9.17) is 4.74 Å². The van der Waals surface area contributed by atoms with Crippen LogP contribution < -0.4 is 20.3 Å². The Morgan fingerprint density at radius 2 is 2.27 bits per heavy atom. The van der Waals surface area contributed by atoms with Gasteiger partial charge in [-0.2, -0.15) is 0 Å². The van der Waals surface area contributed by atoms with Crippen LogP contribution in [0.4, 0.5) is 10.5 Å². The number of fused-ring (bicyclic) bond motifs is 1. The summed E-state index contributed by atoms with van der Waals surface area (Å²) in [6, 6.07) is 5.33. The van der Waals surface area contributed by atoms with Gasteiger partial charge in [-0.25, -0.2) is 4.79 Å². The Morgan fingerprint density at radius 3 is 3.00 bits per heavy atom. The van der Waals surface area contributed by atoms with Gasteiger partial charge < -0.3 is 15.0 Å². The number of carbonyl (C=O) groups excluding carboxylic acids is 2. The van der Waals surface area contributed by atoms with Crippen molar-refractivity contribution in [3.63, 3.8) is 0 Å². The van der Waals surface area contributed by atoms with Gasteiger partial charge in [-0.05, 0) is 36.6 Å². The van der Waals surface area contributed by atoms with Crippen LogP contribution in [0.5, 0.6) is 5.75 Å². The highest BCUT2D eigenvalue weighted by atomic mass is 16.5. The minimum absolute atomic E-state index is 0.154. The Bertz CT molecular complexity index is 572. The first-order valence-electron chi connectivity index (χ1n) is 7.24. The largest absolute Gasteiger partial charge is 0.497 e. The molecule has 1 heterocycles. The van der Waals surface area contributed by atoms with Crippen LogP contribution in [0.15, 0.2) is 30.9 Å². The van der Waals surface area contributed by atoms with Gasteiger partial charge in [-0.1, -0.05) is 6.08 Å². The average molecular weight is 303 g/mol. The Morgan fingerprint density at radius 1 is 1.45 bits per heavy atom. The number of benzene rings is 1. The number of hydrogen-bond donors (Lipinski definition) is 2. The van der Waals surface area contributed by atoms with Crippen LogP contribution in [0.3, 0.4) is 0 Å². The third kappa shape index (κ3) is 4.00. The zero-order valence-corrected chi connectivity index (χ0v) is 12.7. The number of nitrogens with zero attached hydrogens (tertiary/aromatic N) is 1. The molecule has 0 bridgehead atoms. The quantitative estimate of drug-likeness (QED) is 0.808. The van der Waals surface area contributed by atoms with Crippen LogP contribution in [0.1, 0.15) is 12.0 Å². The van der Waals surface area contributed by atoms with Crippen molar-refractivity contribution in [2.75, 3.05) is 31.6 Å². The van der Waals surface area contributed by atoms with Crippen molar-refractivity contribution in [2.45, 2.75) is 12.8 Å². The molecule has 2 N–H and O–H groups in total. The fourth-order valence-corrected chi connectivity index (χ4v) is 2.49. The summed E-state index contributed by atoms with van der Waals surface area (Å²) in [5.74, 6) is 0.485. The maximum absolute atomic E-state index is 12.0. The van der Waals surface area contributed by atoms with E-state index >= 15 is 0 Å². The summed E-state index contributed by atoms with van der Waals surface area (Å²) >= 11 is 0. The van der Waals surface area contributed by atoms with Crippen molar-refractivity contribution in [3.8, 4) is 5.75 Å². The lowest BCUT2D eigenvalue weighted by Crippen LogP contribution is -2.45. The first-order valence-corrected chi connectivity index (χ1v) is 7.24. The fraction of sp³-hybridized carbons (Fsp3) is 0.375. The summed E-state index contributed by atoms with van der Waals surface area (Å²) in [5.41, 5.74) is 2.18. The topological polar surface area (TPSA) is 70.7 Å². The number of amides is 3. The van der Waals surface area contributed by atoms with Crippen LogP contribution in [-0.4, -0.2) is 38.7 Å². The standard InChI is InChI=1S/C16H21N3O3/c1-3-8-17-16(21)18-15(20)11-19-9-4-5-12-10-13(22-2)6-7-14(12)19/h3,6-7,10H,1,4-5,8-9,11H2,2H3,(H2,17,18,20,21). The smallest absolute Gasteiger partial charge is 0.321 e. The highest BCUT2D eigenvalue weighted by molar-refractivity contribution is 5.96. The van der Waals surface area contributed by atoms with Crippen molar-refractivity contribution in [3.05, 3.63) is 36.4 Å². The SMILES string of the molecule is C=CCNC(=O)NC(=O)CN1CCCc2cc(OC)ccc21. The second kappa shape index (κ2) is 7.49. The van der Waals surface area contributed by atoms with E-state index in [1.807, 2.05) is 23.1 Å². The first kappa shape index (κ1) is 15.9. The zero-order chi connectivity index (χ0) is 15.9. The van der Waals surface area contributed by atoms with Gasteiger partial charge in [0.1, 0.15) is 5.75 Å². The Hall–Kier alpha value is -2.50. The highest BCUT2D eigenvalue weighted by Gasteiger charge is 2.20. The van der Waals surface area contributed by atoms with Gasteiger partial charge in [0.05, 0.1) is 13.7 Å². The fourth-order valence-electron chi connectivity index (χ4n) is 2.49. The number of methoxy groups -OCH3 is 1. The van der Waals surface area contributed by atoms with Crippen molar-refractivity contribution in [1.82, 2.24) is 10.6 Å². The lowest BCUT2D eigenvalue weighted by molar-refractivity contribution is -0.118. The summed E-state index contributed by atoms with van der Waals surface area (Å²) in [6.07, 6.45) is 3.49. The molecule has 0 aromatic heterocycles. The zero-order valence-electron chi connectivity index (χ0n) is 12.7. The molecule has 0 unspecified atom stereocenters. The lowest BCUT2D eigenvalue weighted by atomic mass is 10.0. The maximum Gasteiger partial charge on any atom is 0.321 e. The molecule has 0 radical (unpaired) electrons. The summed E-state index contributed by atoms with van der Waals surface area (Å²) in [5, 5.41) is 4.82. The average Bonchev–Trinajstić information content (AvgIpc) is 2.52. The predicted molar refractivity (Wildman–Crippen MR) is 85.3 cm³/mol. The minimum Gasteiger partial charge on any atom is -0.497 e. The summed E-state index contributed by atoms with van der Waals surface area (Å²) in [7, 11) is 1.64. The molecule has 0 spiro atoms. The summed E-state index contributed by atoms with van der Waals surface area (Å²) in [6.45, 7) is 4.77. The van der Waals surface area contributed by atoms with Gasteiger partial charge in [0, 0.05) is 18.8 Å². The number of imide groups is 1. The number of carbonyl (C=O) groups is 2. The van der Waals surface area contributed by atoms with E-state index in [1.165, 1.54) is 0 Å². The van der Waals surface area contributed by atoms with Crippen molar-refractivity contribution < 1.29 is 14.3 Å². The molecule has 22 heavy (non-hydrogen) atoms. The van der Waals surface area contributed by atoms with E-state index in [2.05, 4.69) is 17.2 Å². The molecule has 6 heteroatoms. The Balaban J connectivity index is 1.98. The molecule has 1 aliphatic rings. The van der Waals surface area contributed by atoms with Gasteiger partial charge in [-0.15, -0.1) is 6.58 Å². The number of nitrogens with one attached hydrogen (secondary N) is 2.